The van der Waals surface area contributed by atoms with E-state index in [9.17, 15) is 9.90 Å². The predicted octanol–water partition coefficient (Wildman–Crippen LogP) is 1.38. The number of nitrogens with zero attached hydrogens (tertiary/aromatic N) is 2. The Balaban J connectivity index is 1.87. The molecule has 0 aliphatic carbocycles. The maximum atomic E-state index is 11.9. The van der Waals surface area contributed by atoms with Crippen LogP contribution in [0.4, 0.5) is 5.69 Å². The molecule has 2 N–H and O–H groups in total. The molecule has 1 saturated heterocycles. The van der Waals surface area contributed by atoms with Gasteiger partial charge in [0.2, 0.25) is 5.91 Å². The van der Waals surface area contributed by atoms with Crippen LogP contribution < -0.4 is 5.32 Å². The number of anilines is 1. The maximum absolute atomic E-state index is 11.9. The molecule has 19 heavy (non-hydrogen) atoms. The second-order valence-electron chi connectivity index (χ2n) is 4.96. The van der Waals surface area contributed by atoms with Crippen LogP contribution in [-0.2, 0) is 4.79 Å². The van der Waals surface area contributed by atoms with Gasteiger partial charge >= 0.3 is 0 Å². The number of halogens is 1. The number of amides is 1. The van der Waals surface area contributed by atoms with Crippen LogP contribution >= 0.6 is 11.6 Å². The number of β-amino-alcohol motifs (C(OH)–C–C–N with tert-alkyl or cyclic N) is 1. The zero-order valence-corrected chi connectivity index (χ0v) is 11.6. The number of aliphatic hydroxyl groups excluding tert-OH is 1. The van der Waals surface area contributed by atoms with Crippen molar-refractivity contribution in [2.45, 2.75) is 19.4 Å². The van der Waals surface area contributed by atoms with Crippen molar-refractivity contribution in [2.75, 3.05) is 25.0 Å². The van der Waals surface area contributed by atoms with E-state index >= 15 is 0 Å². The minimum Gasteiger partial charge on any atom is -0.392 e. The number of likely N-dealkylation sites (tertiary alicyclic amines) is 1. The second-order valence-corrected chi connectivity index (χ2v) is 5.32. The number of hydrogen-bond donors (Lipinski definition) is 2. The first-order valence-electron chi connectivity index (χ1n) is 6.37. The first-order valence-corrected chi connectivity index (χ1v) is 6.75. The van der Waals surface area contributed by atoms with Crippen molar-refractivity contribution >= 4 is 23.2 Å². The third-order valence-electron chi connectivity index (χ3n) is 3.40. The fourth-order valence-corrected chi connectivity index (χ4v) is 2.30. The monoisotopic (exact) mass is 283 g/mol. The van der Waals surface area contributed by atoms with Crippen LogP contribution in [0, 0.1) is 5.92 Å². The highest BCUT2D eigenvalue weighted by atomic mass is 35.5. The van der Waals surface area contributed by atoms with Crippen molar-refractivity contribution in [3.05, 3.63) is 23.5 Å². The summed E-state index contributed by atoms with van der Waals surface area (Å²) in [5.41, 5.74) is 0.514. The molecule has 2 unspecified atom stereocenters. The summed E-state index contributed by atoms with van der Waals surface area (Å²) in [6.07, 6.45) is 2.12. The Kier molecular flexibility index (Phi) is 4.74. The third kappa shape index (κ3) is 3.89. The molecular formula is C13H18ClN3O2. The molecule has 1 aromatic heterocycles. The number of aromatic nitrogens is 1. The van der Waals surface area contributed by atoms with E-state index in [-0.39, 0.29) is 23.7 Å². The molecule has 104 valence electrons. The number of pyridine rings is 1. The molecule has 1 aliphatic heterocycles. The van der Waals surface area contributed by atoms with Gasteiger partial charge in [0.15, 0.2) is 5.15 Å². The van der Waals surface area contributed by atoms with Gasteiger partial charge in [-0.25, -0.2) is 4.98 Å². The summed E-state index contributed by atoms with van der Waals surface area (Å²) < 4.78 is 0. The topological polar surface area (TPSA) is 65.5 Å². The van der Waals surface area contributed by atoms with E-state index in [1.54, 1.807) is 18.3 Å². The number of aliphatic hydroxyl groups is 1. The molecule has 1 amide bonds. The second kappa shape index (κ2) is 6.32. The zero-order chi connectivity index (χ0) is 13.8. The van der Waals surface area contributed by atoms with E-state index in [0.717, 1.165) is 13.0 Å². The molecule has 0 saturated carbocycles. The number of piperidine rings is 1. The normalized spacial score (nSPS) is 24.2. The molecule has 0 aromatic carbocycles. The van der Waals surface area contributed by atoms with Gasteiger partial charge < -0.3 is 10.4 Å². The predicted molar refractivity (Wildman–Crippen MR) is 74.1 cm³/mol. The van der Waals surface area contributed by atoms with Crippen LogP contribution in [0.3, 0.4) is 0 Å². The zero-order valence-electron chi connectivity index (χ0n) is 10.8. The van der Waals surface area contributed by atoms with Crippen molar-refractivity contribution in [1.82, 2.24) is 9.88 Å². The van der Waals surface area contributed by atoms with Gasteiger partial charge in [-0.1, -0.05) is 18.5 Å². The number of rotatable bonds is 3. The molecule has 0 bridgehead atoms. The van der Waals surface area contributed by atoms with Gasteiger partial charge in [-0.05, 0) is 31.0 Å². The highest BCUT2D eigenvalue weighted by Crippen LogP contribution is 2.19. The number of carbonyl (C=O) groups is 1. The van der Waals surface area contributed by atoms with Crippen LogP contribution in [0.5, 0.6) is 0 Å². The van der Waals surface area contributed by atoms with E-state index in [4.69, 9.17) is 11.6 Å². The first-order chi connectivity index (χ1) is 9.06. The Labute approximate surface area is 117 Å². The van der Waals surface area contributed by atoms with Crippen LogP contribution in [0.15, 0.2) is 18.3 Å². The van der Waals surface area contributed by atoms with Crippen LogP contribution in [0.25, 0.3) is 0 Å². The lowest BCUT2D eigenvalue weighted by atomic mass is 9.96. The summed E-state index contributed by atoms with van der Waals surface area (Å²) >= 11 is 5.87. The average Bonchev–Trinajstić information content (AvgIpc) is 2.37. The van der Waals surface area contributed by atoms with Crippen LogP contribution in [0.1, 0.15) is 13.3 Å². The quantitative estimate of drug-likeness (QED) is 0.823. The summed E-state index contributed by atoms with van der Waals surface area (Å²) in [7, 11) is 0. The lowest BCUT2D eigenvalue weighted by Crippen LogP contribution is -2.45. The smallest absolute Gasteiger partial charge is 0.238 e. The summed E-state index contributed by atoms with van der Waals surface area (Å²) in [6, 6.07) is 3.42. The summed E-state index contributed by atoms with van der Waals surface area (Å²) in [6.45, 7) is 3.65. The Morgan fingerprint density at radius 1 is 1.68 bits per heavy atom. The van der Waals surface area contributed by atoms with Gasteiger partial charge in [0.05, 0.1) is 18.3 Å². The molecule has 5 nitrogen and oxygen atoms in total. The van der Waals surface area contributed by atoms with Crippen molar-refractivity contribution in [2.24, 2.45) is 5.92 Å². The standard InChI is InChI=1S/C13H18ClN3O2/c1-9-4-6-17(7-11(9)18)8-12(19)16-10-3-2-5-15-13(10)14/h2-3,5,9,11,18H,4,6-8H2,1H3,(H,16,19). The first kappa shape index (κ1) is 14.2. The minimum atomic E-state index is -0.358. The van der Waals surface area contributed by atoms with Crippen molar-refractivity contribution in [1.29, 1.82) is 0 Å². The lowest BCUT2D eigenvalue weighted by molar-refractivity contribution is -0.118. The molecule has 0 spiro atoms. The molecule has 1 fully saturated rings. The molecule has 1 aliphatic rings. The molecule has 2 heterocycles. The third-order valence-corrected chi connectivity index (χ3v) is 3.70. The largest absolute Gasteiger partial charge is 0.392 e. The van der Waals surface area contributed by atoms with E-state index in [2.05, 4.69) is 10.3 Å². The summed E-state index contributed by atoms with van der Waals surface area (Å²) in [5.74, 6) is 0.156. The van der Waals surface area contributed by atoms with Crippen LogP contribution in [-0.4, -0.2) is 46.6 Å². The molecule has 1 aromatic rings. The van der Waals surface area contributed by atoms with E-state index in [1.807, 2.05) is 11.8 Å². The average molecular weight is 284 g/mol. The Hall–Kier alpha value is -1.17. The van der Waals surface area contributed by atoms with E-state index in [0.29, 0.717) is 18.2 Å². The number of nitrogens with one attached hydrogen (secondary N) is 1. The van der Waals surface area contributed by atoms with Gasteiger partial charge in [0.25, 0.3) is 0 Å². The van der Waals surface area contributed by atoms with Gasteiger partial charge in [-0.15, -0.1) is 0 Å². The maximum Gasteiger partial charge on any atom is 0.238 e. The Bertz CT molecular complexity index is 455. The van der Waals surface area contributed by atoms with Crippen LogP contribution in [0.2, 0.25) is 5.15 Å². The number of hydrogen-bond acceptors (Lipinski definition) is 4. The molecule has 2 rings (SSSR count). The molecule has 0 radical (unpaired) electrons. The SMILES string of the molecule is CC1CCN(CC(=O)Nc2cccnc2Cl)CC1O. The highest BCUT2D eigenvalue weighted by molar-refractivity contribution is 6.32. The highest BCUT2D eigenvalue weighted by Gasteiger charge is 2.25. The summed E-state index contributed by atoms with van der Waals surface area (Å²) in [4.78, 5) is 17.7. The number of carbonyl (C=O) groups excluding carboxylic acids is 1. The molecule has 2 atom stereocenters. The Morgan fingerprint density at radius 3 is 3.16 bits per heavy atom. The van der Waals surface area contributed by atoms with Gasteiger partial charge in [-0.2, -0.15) is 0 Å². The van der Waals surface area contributed by atoms with Crippen molar-refractivity contribution in [3.63, 3.8) is 0 Å². The fraction of sp³-hybridized carbons (Fsp3) is 0.538. The summed E-state index contributed by atoms with van der Waals surface area (Å²) in [5, 5.41) is 12.8. The molecule has 6 heteroatoms. The van der Waals surface area contributed by atoms with Crippen molar-refractivity contribution < 1.29 is 9.90 Å². The minimum absolute atomic E-state index is 0.142. The van der Waals surface area contributed by atoms with E-state index in [1.165, 1.54) is 0 Å². The van der Waals surface area contributed by atoms with E-state index < -0.39 is 0 Å². The Morgan fingerprint density at radius 2 is 2.47 bits per heavy atom. The lowest BCUT2D eigenvalue weighted by Gasteiger charge is -2.33. The molecular weight excluding hydrogens is 266 g/mol. The van der Waals surface area contributed by atoms with Crippen molar-refractivity contribution in [3.8, 4) is 0 Å². The van der Waals surface area contributed by atoms with Gasteiger partial charge in [-0.3, -0.25) is 9.69 Å². The fourth-order valence-electron chi connectivity index (χ4n) is 2.13. The van der Waals surface area contributed by atoms with Gasteiger partial charge in [0, 0.05) is 12.7 Å². The van der Waals surface area contributed by atoms with Gasteiger partial charge in [0.1, 0.15) is 0 Å².